The van der Waals surface area contributed by atoms with Gasteiger partial charge in [-0.05, 0) is 19.1 Å². The number of ether oxygens (including phenoxy) is 1. The SMILES string of the molecule is CCNC(=O)CCOc1cc(Cl)ccc1Cl. The molecule has 1 rings (SSSR count). The van der Waals surface area contributed by atoms with Crippen molar-refractivity contribution in [1.29, 1.82) is 0 Å². The van der Waals surface area contributed by atoms with Crippen molar-refractivity contribution in [1.82, 2.24) is 5.32 Å². The summed E-state index contributed by atoms with van der Waals surface area (Å²) in [5.74, 6) is 0.458. The van der Waals surface area contributed by atoms with E-state index in [0.717, 1.165) is 0 Å². The Balaban J connectivity index is 2.42. The summed E-state index contributed by atoms with van der Waals surface area (Å²) in [5, 5.41) is 3.72. The van der Waals surface area contributed by atoms with Crippen LogP contribution >= 0.6 is 23.2 Å². The Bertz CT molecular complexity index is 369. The molecule has 0 heterocycles. The van der Waals surface area contributed by atoms with Gasteiger partial charge in [0.05, 0.1) is 18.1 Å². The topological polar surface area (TPSA) is 38.3 Å². The van der Waals surface area contributed by atoms with Gasteiger partial charge in [-0.2, -0.15) is 0 Å². The van der Waals surface area contributed by atoms with E-state index in [1.807, 2.05) is 6.92 Å². The van der Waals surface area contributed by atoms with E-state index in [0.29, 0.717) is 28.8 Å². The molecule has 0 atom stereocenters. The summed E-state index contributed by atoms with van der Waals surface area (Å²) in [6, 6.07) is 4.97. The van der Waals surface area contributed by atoms with Crippen LogP contribution in [0.1, 0.15) is 13.3 Å². The maximum atomic E-state index is 11.1. The van der Waals surface area contributed by atoms with Gasteiger partial charge in [0.1, 0.15) is 5.75 Å². The lowest BCUT2D eigenvalue weighted by atomic mass is 10.3. The lowest BCUT2D eigenvalue weighted by molar-refractivity contribution is -0.121. The molecule has 1 amide bonds. The highest BCUT2D eigenvalue weighted by Gasteiger charge is 2.04. The van der Waals surface area contributed by atoms with Crippen LogP contribution in [0, 0.1) is 0 Å². The largest absolute Gasteiger partial charge is 0.491 e. The Morgan fingerprint density at radius 3 is 2.88 bits per heavy atom. The Labute approximate surface area is 105 Å². The fourth-order valence-electron chi connectivity index (χ4n) is 1.13. The van der Waals surface area contributed by atoms with Crippen molar-refractivity contribution in [2.24, 2.45) is 0 Å². The van der Waals surface area contributed by atoms with Crippen molar-refractivity contribution in [2.45, 2.75) is 13.3 Å². The van der Waals surface area contributed by atoms with E-state index in [9.17, 15) is 4.79 Å². The van der Waals surface area contributed by atoms with Crippen molar-refractivity contribution in [3.8, 4) is 5.75 Å². The van der Waals surface area contributed by atoms with Gasteiger partial charge in [0.2, 0.25) is 5.91 Å². The van der Waals surface area contributed by atoms with Gasteiger partial charge in [-0.1, -0.05) is 23.2 Å². The second kappa shape index (κ2) is 6.61. The van der Waals surface area contributed by atoms with Crippen molar-refractivity contribution < 1.29 is 9.53 Å². The fourth-order valence-corrected chi connectivity index (χ4v) is 1.46. The normalized spacial score (nSPS) is 9.94. The highest BCUT2D eigenvalue weighted by atomic mass is 35.5. The average molecular weight is 262 g/mol. The molecule has 0 unspecified atom stereocenters. The van der Waals surface area contributed by atoms with Crippen LogP contribution in [0.15, 0.2) is 18.2 Å². The molecule has 0 aliphatic carbocycles. The molecule has 0 fully saturated rings. The molecular formula is C11H13Cl2NO2. The van der Waals surface area contributed by atoms with Crippen LogP contribution in [-0.4, -0.2) is 19.1 Å². The molecule has 88 valence electrons. The highest BCUT2D eigenvalue weighted by Crippen LogP contribution is 2.27. The molecule has 0 bridgehead atoms. The second-order valence-corrected chi connectivity index (χ2v) is 3.97. The zero-order valence-corrected chi connectivity index (χ0v) is 10.4. The summed E-state index contributed by atoms with van der Waals surface area (Å²) >= 11 is 11.7. The van der Waals surface area contributed by atoms with Crippen molar-refractivity contribution in [2.75, 3.05) is 13.2 Å². The van der Waals surface area contributed by atoms with Crippen LogP contribution < -0.4 is 10.1 Å². The lowest BCUT2D eigenvalue weighted by Gasteiger charge is -2.08. The van der Waals surface area contributed by atoms with Crippen LogP contribution in [0.25, 0.3) is 0 Å². The summed E-state index contributed by atoms with van der Waals surface area (Å²) < 4.78 is 5.36. The van der Waals surface area contributed by atoms with Gasteiger partial charge >= 0.3 is 0 Å². The molecule has 1 aromatic carbocycles. The number of nitrogens with one attached hydrogen (secondary N) is 1. The minimum atomic E-state index is -0.0411. The molecule has 0 aliphatic rings. The van der Waals surface area contributed by atoms with Crippen molar-refractivity contribution in [3.05, 3.63) is 28.2 Å². The van der Waals surface area contributed by atoms with E-state index in [1.54, 1.807) is 18.2 Å². The highest BCUT2D eigenvalue weighted by molar-refractivity contribution is 6.34. The first-order valence-electron chi connectivity index (χ1n) is 4.98. The molecule has 0 aliphatic heterocycles. The lowest BCUT2D eigenvalue weighted by Crippen LogP contribution is -2.24. The Morgan fingerprint density at radius 1 is 1.44 bits per heavy atom. The summed E-state index contributed by atoms with van der Waals surface area (Å²) in [5.41, 5.74) is 0. The van der Waals surface area contributed by atoms with Crippen LogP contribution in [-0.2, 0) is 4.79 Å². The van der Waals surface area contributed by atoms with Crippen molar-refractivity contribution >= 4 is 29.1 Å². The summed E-state index contributed by atoms with van der Waals surface area (Å²) in [4.78, 5) is 11.1. The molecule has 16 heavy (non-hydrogen) atoms. The molecule has 0 saturated heterocycles. The Hall–Kier alpha value is -0.930. The maximum Gasteiger partial charge on any atom is 0.223 e. The minimum absolute atomic E-state index is 0.0411. The first-order valence-corrected chi connectivity index (χ1v) is 5.73. The second-order valence-electron chi connectivity index (χ2n) is 3.13. The third kappa shape index (κ3) is 4.29. The maximum absolute atomic E-state index is 11.1. The molecule has 1 N–H and O–H groups in total. The monoisotopic (exact) mass is 261 g/mol. The number of amides is 1. The number of halogens is 2. The fraction of sp³-hybridized carbons (Fsp3) is 0.364. The quantitative estimate of drug-likeness (QED) is 0.886. The van der Waals surface area contributed by atoms with Crippen LogP contribution in [0.2, 0.25) is 10.0 Å². The van der Waals surface area contributed by atoms with Gasteiger partial charge in [0.15, 0.2) is 0 Å². The summed E-state index contributed by atoms with van der Waals surface area (Å²) in [7, 11) is 0. The van der Waals surface area contributed by atoms with Gasteiger partial charge in [0, 0.05) is 17.6 Å². The van der Waals surface area contributed by atoms with Gasteiger partial charge in [-0.25, -0.2) is 0 Å². The first kappa shape index (κ1) is 13.1. The van der Waals surface area contributed by atoms with Gasteiger partial charge in [0.25, 0.3) is 0 Å². The van der Waals surface area contributed by atoms with Crippen LogP contribution in [0.4, 0.5) is 0 Å². The molecular weight excluding hydrogens is 249 g/mol. The molecule has 0 aromatic heterocycles. The number of carbonyl (C=O) groups is 1. The smallest absolute Gasteiger partial charge is 0.223 e. The molecule has 3 nitrogen and oxygen atoms in total. The predicted octanol–water partition coefficient (Wildman–Crippen LogP) is 2.90. The molecule has 0 radical (unpaired) electrons. The molecule has 1 aromatic rings. The number of hydrogen-bond donors (Lipinski definition) is 1. The van der Waals surface area contributed by atoms with E-state index < -0.39 is 0 Å². The number of benzene rings is 1. The van der Waals surface area contributed by atoms with Gasteiger partial charge in [-0.15, -0.1) is 0 Å². The van der Waals surface area contributed by atoms with Crippen LogP contribution in [0.3, 0.4) is 0 Å². The molecule has 0 saturated carbocycles. The summed E-state index contributed by atoms with van der Waals surface area (Å²) in [6.07, 6.45) is 0.302. The standard InChI is InChI=1S/C11H13Cl2NO2/c1-2-14-11(15)5-6-16-10-7-8(12)3-4-9(10)13/h3-4,7H,2,5-6H2,1H3,(H,14,15). The van der Waals surface area contributed by atoms with E-state index in [2.05, 4.69) is 5.32 Å². The van der Waals surface area contributed by atoms with Gasteiger partial charge < -0.3 is 10.1 Å². The van der Waals surface area contributed by atoms with E-state index in [-0.39, 0.29) is 12.5 Å². The third-order valence-electron chi connectivity index (χ3n) is 1.85. The predicted molar refractivity (Wildman–Crippen MR) is 65.3 cm³/mol. The van der Waals surface area contributed by atoms with Crippen LogP contribution in [0.5, 0.6) is 5.75 Å². The van der Waals surface area contributed by atoms with Gasteiger partial charge in [-0.3, -0.25) is 4.79 Å². The zero-order valence-electron chi connectivity index (χ0n) is 8.93. The first-order chi connectivity index (χ1) is 7.63. The van der Waals surface area contributed by atoms with E-state index in [4.69, 9.17) is 27.9 Å². The number of hydrogen-bond acceptors (Lipinski definition) is 2. The van der Waals surface area contributed by atoms with E-state index >= 15 is 0 Å². The minimum Gasteiger partial charge on any atom is -0.491 e. The zero-order chi connectivity index (χ0) is 12.0. The molecule has 0 spiro atoms. The number of rotatable bonds is 5. The third-order valence-corrected chi connectivity index (χ3v) is 2.40. The van der Waals surface area contributed by atoms with Crippen molar-refractivity contribution in [3.63, 3.8) is 0 Å². The number of carbonyl (C=O) groups excluding carboxylic acids is 1. The van der Waals surface area contributed by atoms with E-state index in [1.165, 1.54) is 0 Å². The molecule has 5 heteroatoms. The Kier molecular flexibility index (Phi) is 5.43. The summed E-state index contributed by atoms with van der Waals surface area (Å²) in [6.45, 7) is 2.77. The Morgan fingerprint density at radius 2 is 2.19 bits per heavy atom. The average Bonchev–Trinajstić information content (AvgIpc) is 2.23.